The molecule has 19 heavy (non-hydrogen) atoms. The summed E-state index contributed by atoms with van der Waals surface area (Å²) in [4.78, 5) is 0. The molecule has 0 bridgehead atoms. The molecule has 0 fully saturated rings. The van der Waals surface area contributed by atoms with E-state index in [1.54, 1.807) is 0 Å². The third-order valence-electron chi connectivity index (χ3n) is 3.01. The van der Waals surface area contributed by atoms with E-state index in [1.165, 1.54) is 11.1 Å². The van der Waals surface area contributed by atoms with Crippen LogP contribution in [-0.4, -0.2) is 0 Å². The van der Waals surface area contributed by atoms with Gasteiger partial charge in [-0.2, -0.15) is 12.2 Å². The molecule has 0 saturated carbocycles. The van der Waals surface area contributed by atoms with Crippen molar-refractivity contribution in [1.82, 2.24) is 0 Å². The molecule has 0 N–H and O–H groups in total. The van der Waals surface area contributed by atoms with E-state index in [4.69, 9.17) is 0 Å². The average Bonchev–Trinajstić information content (AvgIpc) is 2.91. The summed E-state index contributed by atoms with van der Waals surface area (Å²) in [5.74, 6) is 0. The molecule has 0 saturated heterocycles. The molecule has 1 heteroatoms. The molecule has 2 rings (SSSR count). The Hall–Kier alpha value is -0.326. The second-order valence-corrected chi connectivity index (χ2v) is 6.89. The summed E-state index contributed by atoms with van der Waals surface area (Å²) >= 11 is 0. The van der Waals surface area contributed by atoms with Crippen molar-refractivity contribution in [2.75, 3.05) is 0 Å². The second-order valence-electron chi connectivity index (χ2n) is 6.89. The fourth-order valence-corrected chi connectivity index (χ4v) is 1.84. The zero-order valence-electron chi connectivity index (χ0n) is 15.2. The molecular formula is C18H28Ti. The average molecular weight is 292 g/mol. The Kier molecular flexibility index (Phi) is 7.33. The molecule has 0 unspecified atom stereocenters. The minimum absolute atomic E-state index is 0. The van der Waals surface area contributed by atoms with Gasteiger partial charge in [-0.15, -0.1) is 12.8 Å². The van der Waals surface area contributed by atoms with Crippen LogP contribution in [-0.2, 0) is 21.7 Å². The van der Waals surface area contributed by atoms with E-state index in [2.05, 4.69) is 78.0 Å². The Morgan fingerprint density at radius 1 is 0.789 bits per heavy atom. The first-order valence-electron chi connectivity index (χ1n) is 6.77. The minimum Gasteiger partial charge on any atom is -1.00 e. The van der Waals surface area contributed by atoms with Crippen LogP contribution in [0.2, 0.25) is 0 Å². The van der Waals surface area contributed by atoms with Gasteiger partial charge in [-0.1, -0.05) is 41.5 Å². The largest absolute Gasteiger partial charge is 4.00 e. The third-order valence-corrected chi connectivity index (χ3v) is 3.01. The summed E-state index contributed by atoms with van der Waals surface area (Å²) in [6, 6.07) is 0. The van der Waals surface area contributed by atoms with Crippen molar-refractivity contribution in [3.63, 3.8) is 0 Å². The van der Waals surface area contributed by atoms with Crippen molar-refractivity contribution < 1.29 is 24.6 Å². The second kappa shape index (κ2) is 7.45. The maximum Gasteiger partial charge on any atom is 4.00 e. The van der Waals surface area contributed by atoms with Crippen LogP contribution in [0.25, 0.3) is 0 Å². The van der Waals surface area contributed by atoms with Gasteiger partial charge in [0.15, 0.2) is 0 Å². The maximum absolute atomic E-state index is 3.30. The van der Waals surface area contributed by atoms with Crippen LogP contribution in [0.3, 0.4) is 0 Å². The first-order chi connectivity index (χ1) is 8.21. The van der Waals surface area contributed by atoms with Gasteiger partial charge in [-0.25, -0.2) is 23.3 Å². The molecule has 104 valence electrons. The molecule has 0 atom stereocenters. The van der Waals surface area contributed by atoms with Crippen molar-refractivity contribution in [2.24, 2.45) is 10.8 Å². The normalized spacial score (nSPS) is 17.4. The summed E-state index contributed by atoms with van der Waals surface area (Å²) in [6.45, 7) is 13.3. The van der Waals surface area contributed by atoms with Gasteiger partial charge in [0.2, 0.25) is 0 Å². The van der Waals surface area contributed by atoms with Gasteiger partial charge in [0, 0.05) is 0 Å². The molecule has 0 amide bonds. The van der Waals surface area contributed by atoms with E-state index in [0.29, 0.717) is 10.8 Å². The summed E-state index contributed by atoms with van der Waals surface area (Å²) < 4.78 is 0. The summed E-state index contributed by atoms with van der Waals surface area (Å²) in [6.07, 6.45) is 17.3. The van der Waals surface area contributed by atoms with E-state index in [9.17, 15) is 0 Å². The van der Waals surface area contributed by atoms with Crippen molar-refractivity contribution in [3.05, 3.63) is 47.6 Å². The van der Waals surface area contributed by atoms with Crippen molar-refractivity contribution in [3.8, 4) is 0 Å². The topological polar surface area (TPSA) is 0 Å². The van der Waals surface area contributed by atoms with Crippen LogP contribution in [0.5, 0.6) is 0 Å². The van der Waals surface area contributed by atoms with Gasteiger partial charge in [0.05, 0.1) is 0 Å². The van der Waals surface area contributed by atoms with Crippen LogP contribution < -0.4 is 0 Å². The Labute approximate surface area is 137 Å². The molecule has 0 nitrogen and oxygen atoms in total. The van der Waals surface area contributed by atoms with Gasteiger partial charge in [0.1, 0.15) is 0 Å². The van der Waals surface area contributed by atoms with Crippen LogP contribution in [0.15, 0.2) is 35.5 Å². The van der Waals surface area contributed by atoms with Gasteiger partial charge in [-0.05, 0) is 10.8 Å². The van der Waals surface area contributed by atoms with Crippen LogP contribution >= 0.6 is 0 Å². The predicted octanol–water partition coefficient (Wildman–Crippen LogP) is 5.67. The maximum atomic E-state index is 3.30. The molecule has 2 aliphatic carbocycles. The smallest absolute Gasteiger partial charge is 1.00 e. The summed E-state index contributed by atoms with van der Waals surface area (Å²) in [5.41, 5.74) is 3.30. The Bertz CT molecular complexity index is 362. The van der Waals surface area contributed by atoms with Crippen molar-refractivity contribution in [1.29, 1.82) is 0 Å². The quantitative estimate of drug-likeness (QED) is 0.399. The fourth-order valence-electron chi connectivity index (χ4n) is 1.84. The number of rotatable bonds is 0. The standard InChI is InChI=1S/2C9H13.Ti.2H/c2*1-9(2,3)8-6-4-5-7-8;;;/h2*4,6H,5H2,1-3H3;;;/q2*-1;+4;2*-1. The van der Waals surface area contributed by atoms with Gasteiger partial charge in [0.25, 0.3) is 0 Å². The molecule has 0 spiro atoms. The van der Waals surface area contributed by atoms with Crippen molar-refractivity contribution >= 4 is 0 Å². The zero-order chi connectivity index (χ0) is 13.8. The summed E-state index contributed by atoms with van der Waals surface area (Å²) in [7, 11) is 0. The fraction of sp³-hybridized carbons (Fsp3) is 0.556. The first kappa shape index (κ1) is 18.7. The minimum atomic E-state index is 0. The molecule has 0 aliphatic heterocycles. The molecule has 0 aromatic rings. The summed E-state index contributed by atoms with van der Waals surface area (Å²) in [5, 5.41) is 0. The Morgan fingerprint density at radius 3 is 1.21 bits per heavy atom. The van der Waals surface area contributed by atoms with Crippen LogP contribution in [0, 0.1) is 23.0 Å². The Morgan fingerprint density at radius 2 is 1.11 bits per heavy atom. The SMILES string of the molecule is CC(C)(C)C1=[C-]CC=C1.CC(C)(C)C1=[C-]CC=C1.[H-].[H-].[Ti+4]. The molecule has 0 heterocycles. The Balaban J connectivity index is -0.000000270. The van der Waals surface area contributed by atoms with Crippen molar-refractivity contribution in [2.45, 2.75) is 54.4 Å². The van der Waals surface area contributed by atoms with Gasteiger partial charge in [-0.3, -0.25) is 12.2 Å². The predicted molar refractivity (Wildman–Crippen MR) is 82.2 cm³/mol. The molecular weight excluding hydrogens is 264 g/mol. The molecule has 0 aromatic carbocycles. The number of hydrogen-bond acceptors (Lipinski definition) is 0. The molecule has 0 aromatic heterocycles. The number of hydrogen-bond donors (Lipinski definition) is 0. The van der Waals surface area contributed by atoms with Gasteiger partial charge >= 0.3 is 21.7 Å². The first-order valence-corrected chi connectivity index (χ1v) is 6.77. The van der Waals surface area contributed by atoms with Crippen LogP contribution in [0.4, 0.5) is 0 Å². The van der Waals surface area contributed by atoms with E-state index in [1.807, 2.05) is 0 Å². The van der Waals surface area contributed by atoms with E-state index >= 15 is 0 Å². The van der Waals surface area contributed by atoms with E-state index in [0.717, 1.165) is 12.8 Å². The molecule has 2 aliphatic rings. The van der Waals surface area contributed by atoms with E-state index < -0.39 is 0 Å². The van der Waals surface area contributed by atoms with E-state index in [-0.39, 0.29) is 24.6 Å². The van der Waals surface area contributed by atoms with Gasteiger partial charge < -0.3 is 2.85 Å². The van der Waals surface area contributed by atoms with Crippen LogP contribution in [0.1, 0.15) is 57.2 Å². The molecule has 0 radical (unpaired) electrons. The third kappa shape index (κ3) is 6.59. The zero-order valence-corrected chi connectivity index (χ0v) is 14.8. The number of allylic oxidation sites excluding steroid dienone is 8. The monoisotopic (exact) mass is 292 g/mol.